The van der Waals surface area contributed by atoms with Crippen LogP contribution in [-0.4, -0.2) is 31.7 Å². The van der Waals surface area contributed by atoms with Gasteiger partial charge in [-0.2, -0.15) is 0 Å². The molecule has 22 heavy (non-hydrogen) atoms. The van der Waals surface area contributed by atoms with E-state index in [1.165, 1.54) is 0 Å². The fraction of sp³-hybridized carbons (Fsp3) is 0.562. The number of rotatable bonds is 9. The van der Waals surface area contributed by atoms with E-state index in [1.807, 2.05) is 31.2 Å². The fourth-order valence-electron chi connectivity index (χ4n) is 1.98. The first-order valence-electron chi connectivity index (χ1n) is 7.27. The molecule has 0 fully saturated rings. The first-order chi connectivity index (χ1) is 9.99. The van der Waals surface area contributed by atoms with E-state index in [9.17, 15) is 4.79 Å². The van der Waals surface area contributed by atoms with E-state index in [2.05, 4.69) is 5.32 Å². The lowest BCUT2D eigenvalue weighted by molar-refractivity contribution is -0.126. The first-order valence-corrected chi connectivity index (χ1v) is 7.27. The molecule has 0 aliphatic rings. The average molecular weight is 331 g/mol. The standard InChI is InChI=1S/C16H26N2O3.ClH/c1-4-9-16(2,17)15(19)18-10-11-21-12-13-5-7-14(20-3)8-6-13;/h5-8H,4,9-12,17H2,1-3H3,(H,18,19);1H. The van der Waals surface area contributed by atoms with Crippen LogP contribution in [0.1, 0.15) is 32.3 Å². The molecule has 6 heteroatoms. The number of amides is 1. The first kappa shape index (κ1) is 20.7. The molecule has 0 spiro atoms. The Labute approximate surface area is 139 Å². The van der Waals surface area contributed by atoms with Crippen molar-refractivity contribution >= 4 is 18.3 Å². The highest BCUT2D eigenvalue weighted by atomic mass is 35.5. The van der Waals surface area contributed by atoms with Gasteiger partial charge in [0.15, 0.2) is 0 Å². The van der Waals surface area contributed by atoms with Gasteiger partial charge in [0.2, 0.25) is 5.91 Å². The summed E-state index contributed by atoms with van der Waals surface area (Å²) in [7, 11) is 1.64. The Balaban J connectivity index is 0.00000441. The molecule has 0 aromatic heterocycles. The third-order valence-corrected chi connectivity index (χ3v) is 3.25. The minimum absolute atomic E-state index is 0. The fourth-order valence-corrected chi connectivity index (χ4v) is 1.98. The highest BCUT2D eigenvalue weighted by molar-refractivity contribution is 5.85. The lowest BCUT2D eigenvalue weighted by Gasteiger charge is -2.22. The maximum atomic E-state index is 11.9. The largest absolute Gasteiger partial charge is 0.497 e. The summed E-state index contributed by atoms with van der Waals surface area (Å²) in [6.07, 6.45) is 1.56. The van der Waals surface area contributed by atoms with Gasteiger partial charge in [0.05, 0.1) is 25.9 Å². The molecule has 0 saturated carbocycles. The van der Waals surface area contributed by atoms with E-state index in [0.717, 1.165) is 17.7 Å². The van der Waals surface area contributed by atoms with Crippen LogP contribution in [0.4, 0.5) is 0 Å². The van der Waals surface area contributed by atoms with Crippen molar-refractivity contribution in [3.8, 4) is 5.75 Å². The summed E-state index contributed by atoms with van der Waals surface area (Å²) in [5.41, 5.74) is 6.20. The molecule has 1 aromatic rings. The topological polar surface area (TPSA) is 73.6 Å². The summed E-state index contributed by atoms with van der Waals surface area (Å²) < 4.78 is 10.6. The number of hydrogen-bond donors (Lipinski definition) is 2. The molecule has 3 N–H and O–H groups in total. The minimum atomic E-state index is -0.801. The number of nitrogens with two attached hydrogens (primary N) is 1. The number of ether oxygens (including phenoxy) is 2. The second-order valence-corrected chi connectivity index (χ2v) is 5.32. The van der Waals surface area contributed by atoms with Gasteiger partial charge in [-0.3, -0.25) is 4.79 Å². The van der Waals surface area contributed by atoms with Crippen molar-refractivity contribution in [2.24, 2.45) is 5.73 Å². The van der Waals surface area contributed by atoms with Crippen LogP contribution in [0.2, 0.25) is 0 Å². The van der Waals surface area contributed by atoms with Crippen molar-refractivity contribution in [3.05, 3.63) is 29.8 Å². The summed E-state index contributed by atoms with van der Waals surface area (Å²) in [6.45, 7) is 5.20. The number of carbonyl (C=O) groups excluding carboxylic acids is 1. The molecular weight excluding hydrogens is 304 g/mol. The smallest absolute Gasteiger partial charge is 0.239 e. The molecule has 0 aliphatic heterocycles. The van der Waals surface area contributed by atoms with Crippen LogP contribution >= 0.6 is 12.4 Å². The quantitative estimate of drug-likeness (QED) is 0.681. The molecule has 5 nitrogen and oxygen atoms in total. The lowest BCUT2D eigenvalue weighted by Crippen LogP contribution is -2.52. The minimum Gasteiger partial charge on any atom is -0.497 e. The van der Waals surface area contributed by atoms with E-state index < -0.39 is 5.54 Å². The maximum absolute atomic E-state index is 11.9. The predicted molar refractivity (Wildman–Crippen MR) is 90.4 cm³/mol. The van der Waals surface area contributed by atoms with E-state index in [4.69, 9.17) is 15.2 Å². The summed E-state index contributed by atoms with van der Waals surface area (Å²) in [4.78, 5) is 11.9. The SMILES string of the molecule is CCCC(C)(N)C(=O)NCCOCc1ccc(OC)cc1.Cl. The maximum Gasteiger partial charge on any atom is 0.239 e. The number of benzene rings is 1. The average Bonchev–Trinajstić information content (AvgIpc) is 2.47. The van der Waals surface area contributed by atoms with Crippen LogP contribution in [0.3, 0.4) is 0 Å². The molecule has 1 rings (SSSR count). The highest BCUT2D eigenvalue weighted by Crippen LogP contribution is 2.12. The Morgan fingerprint density at radius 2 is 1.95 bits per heavy atom. The van der Waals surface area contributed by atoms with Crippen molar-refractivity contribution < 1.29 is 14.3 Å². The molecule has 1 unspecified atom stereocenters. The van der Waals surface area contributed by atoms with Crippen molar-refractivity contribution in [1.29, 1.82) is 0 Å². The van der Waals surface area contributed by atoms with Gasteiger partial charge in [-0.25, -0.2) is 0 Å². The Bertz CT molecular complexity index is 436. The van der Waals surface area contributed by atoms with E-state index in [1.54, 1.807) is 14.0 Å². The van der Waals surface area contributed by atoms with Gasteiger partial charge in [0, 0.05) is 6.54 Å². The van der Waals surface area contributed by atoms with Crippen LogP contribution in [0.15, 0.2) is 24.3 Å². The Morgan fingerprint density at radius 3 is 2.50 bits per heavy atom. The third kappa shape index (κ3) is 7.11. The van der Waals surface area contributed by atoms with Crippen LogP contribution in [0.25, 0.3) is 0 Å². The molecule has 0 heterocycles. The summed E-state index contributed by atoms with van der Waals surface area (Å²) >= 11 is 0. The second kappa shape index (κ2) is 10.4. The normalized spacial score (nSPS) is 12.9. The van der Waals surface area contributed by atoms with Gasteiger partial charge in [-0.05, 0) is 31.0 Å². The van der Waals surface area contributed by atoms with Crippen LogP contribution in [-0.2, 0) is 16.1 Å². The highest BCUT2D eigenvalue weighted by Gasteiger charge is 2.26. The predicted octanol–water partition coefficient (Wildman–Crippen LogP) is 2.27. The van der Waals surface area contributed by atoms with Gasteiger partial charge in [-0.15, -0.1) is 12.4 Å². The van der Waals surface area contributed by atoms with Crippen molar-refractivity contribution in [2.45, 2.75) is 38.8 Å². The van der Waals surface area contributed by atoms with Crippen molar-refractivity contribution in [1.82, 2.24) is 5.32 Å². The van der Waals surface area contributed by atoms with Gasteiger partial charge in [0.1, 0.15) is 5.75 Å². The molecule has 126 valence electrons. The number of halogens is 1. The summed E-state index contributed by atoms with van der Waals surface area (Å²) in [6, 6.07) is 7.70. The molecule has 1 amide bonds. The van der Waals surface area contributed by atoms with E-state index in [-0.39, 0.29) is 18.3 Å². The lowest BCUT2D eigenvalue weighted by atomic mass is 9.97. The number of hydrogen-bond acceptors (Lipinski definition) is 4. The van der Waals surface area contributed by atoms with Gasteiger partial charge in [0.25, 0.3) is 0 Å². The van der Waals surface area contributed by atoms with Crippen LogP contribution in [0.5, 0.6) is 5.75 Å². The Hall–Kier alpha value is -1.30. The Morgan fingerprint density at radius 1 is 1.32 bits per heavy atom. The summed E-state index contributed by atoms with van der Waals surface area (Å²) in [5.74, 6) is 0.696. The number of methoxy groups -OCH3 is 1. The molecule has 0 bridgehead atoms. The number of carbonyl (C=O) groups is 1. The molecule has 0 saturated heterocycles. The van der Waals surface area contributed by atoms with Crippen molar-refractivity contribution in [3.63, 3.8) is 0 Å². The number of nitrogens with one attached hydrogen (secondary N) is 1. The van der Waals surface area contributed by atoms with E-state index in [0.29, 0.717) is 26.2 Å². The zero-order chi connectivity index (χ0) is 15.7. The Kier molecular flexibility index (Phi) is 9.81. The van der Waals surface area contributed by atoms with E-state index >= 15 is 0 Å². The molecule has 1 atom stereocenters. The molecule has 0 aliphatic carbocycles. The molecule has 0 radical (unpaired) electrons. The summed E-state index contributed by atoms with van der Waals surface area (Å²) in [5, 5.41) is 2.80. The van der Waals surface area contributed by atoms with Gasteiger partial charge in [-0.1, -0.05) is 25.5 Å². The van der Waals surface area contributed by atoms with Crippen LogP contribution in [0, 0.1) is 0 Å². The zero-order valence-electron chi connectivity index (χ0n) is 13.6. The van der Waals surface area contributed by atoms with Gasteiger partial charge < -0.3 is 20.5 Å². The monoisotopic (exact) mass is 330 g/mol. The molecular formula is C16H27ClN2O3. The third-order valence-electron chi connectivity index (χ3n) is 3.25. The second-order valence-electron chi connectivity index (χ2n) is 5.32. The van der Waals surface area contributed by atoms with Gasteiger partial charge >= 0.3 is 0 Å². The zero-order valence-corrected chi connectivity index (χ0v) is 14.4. The molecule has 1 aromatic carbocycles. The van der Waals surface area contributed by atoms with Crippen molar-refractivity contribution in [2.75, 3.05) is 20.3 Å². The van der Waals surface area contributed by atoms with Crippen LogP contribution < -0.4 is 15.8 Å².